The number of ether oxygens (including phenoxy) is 3. The quantitative estimate of drug-likeness (QED) is 0.0265. The average molecular weight is 797 g/mol. The van der Waals surface area contributed by atoms with Crippen molar-refractivity contribution in [3.05, 3.63) is 60.8 Å². The van der Waals surface area contributed by atoms with Crippen molar-refractivity contribution in [2.75, 3.05) is 13.2 Å². The summed E-state index contributed by atoms with van der Waals surface area (Å²) in [5.74, 6) is -0.944. The molecule has 0 radical (unpaired) electrons. The molecule has 0 bridgehead atoms. The maximum Gasteiger partial charge on any atom is 0.306 e. The molecule has 0 amide bonds. The first kappa shape index (κ1) is 54.1. The molecule has 0 aromatic rings. The van der Waals surface area contributed by atoms with E-state index in [0.717, 1.165) is 96.3 Å². The molecule has 0 fully saturated rings. The number of carbonyl (C=O) groups is 3. The van der Waals surface area contributed by atoms with E-state index < -0.39 is 6.10 Å². The van der Waals surface area contributed by atoms with Gasteiger partial charge in [0.1, 0.15) is 13.2 Å². The van der Waals surface area contributed by atoms with Crippen molar-refractivity contribution >= 4 is 17.9 Å². The zero-order valence-electron chi connectivity index (χ0n) is 37.3. The third-order valence-corrected chi connectivity index (χ3v) is 10.0. The zero-order chi connectivity index (χ0) is 41.5. The van der Waals surface area contributed by atoms with Gasteiger partial charge in [-0.3, -0.25) is 14.4 Å². The summed E-state index contributed by atoms with van der Waals surface area (Å²) in [6, 6.07) is 0. The standard InChI is InChI=1S/C51H88O6/c1-4-7-10-13-16-19-22-24-26-28-29-32-35-38-41-44-50(53)56-47-48(46-55-49(52)43-40-37-34-31-21-18-15-12-9-6-3)57-51(54)45-42-39-36-33-30-27-25-23-20-17-14-11-8-5-2/h7,10,16,19,23-26,29,32,48H,4-6,8-9,11-15,17-18,20-22,27-28,30-31,33-47H2,1-3H3/b10-7-,19-16-,25-23-,26-24-,32-29-/t48-/m1/s1. The van der Waals surface area contributed by atoms with Gasteiger partial charge in [0.25, 0.3) is 0 Å². The summed E-state index contributed by atoms with van der Waals surface area (Å²) in [5, 5.41) is 0. The Kier molecular flexibility index (Phi) is 43.5. The lowest BCUT2D eigenvalue weighted by molar-refractivity contribution is -0.167. The van der Waals surface area contributed by atoms with E-state index in [-0.39, 0.29) is 31.1 Å². The lowest BCUT2D eigenvalue weighted by Gasteiger charge is -2.18. The second-order valence-corrected chi connectivity index (χ2v) is 15.6. The molecule has 0 aromatic heterocycles. The molecule has 1 atom stereocenters. The maximum atomic E-state index is 12.7. The Morgan fingerprint density at radius 2 is 0.684 bits per heavy atom. The van der Waals surface area contributed by atoms with E-state index >= 15 is 0 Å². The van der Waals surface area contributed by atoms with Crippen LogP contribution in [0.2, 0.25) is 0 Å². The number of hydrogen-bond donors (Lipinski definition) is 0. The van der Waals surface area contributed by atoms with Crippen LogP contribution in [0.25, 0.3) is 0 Å². The highest BCUT2D eigenvalue weighted by Gasteiger charge is 2.19. The van der Waals surface area contributed by atoms with Crippen LogP contribution in [0, 0.1) is 0 Å². The third-order valence-electron chi connectivity index (χ3n) is 10.0. The van der Waals surface area contributed by atoms with Crippen molar-refractivity contribution in [1.29, 1.82) is 0 Å². The Morgan fingerprint density at radius 3 is 1.12 bits per heavy atom. The first-order chi connectivity index (χ1) is 28.0. The van der Waals surface area contributed by atoms with Crippen LogP contribution in [0.3, 0.4) is 0 Å². The van der Waals surface area contributed by atoms with E-state index in [1.807, 2.05) is 0 Å². The van der Waals surface area contributed by atoms with Gasteiger partial charge in [-0.05, 0) is 83.5 Å². The van der Waals surface area contributed by atoms with Gasteiger partial charge < -0.3 is 14.2 Å². The van der Waals surface area contributed by atoms with Crippen LogP contribution in [0.5, 0.6) is 0 Å². The third kappa shape index (κ3) is 44.1. The summed E-state index contributed by atoms with van der Waals surface area (Å²) in [7, 11) is 0. The highest BCUT2D eigenvalue weighted by molar-refractivity contribution is 5.71. The van der Waals surface area contributed by atoms with Crippen LogP contribution >= 0.6 is 0 Å². The molecule has 0 aliphatic heterocycles. The fraction of sp³-hybridized carbons (Fsp3) is 0.745. The maximum absolute atomic E-state index is 12.7. The van der Waals surface area contributed by atoms with Crippen molar-refractivity contribution in [1.82, 2.24) is 0 Å². The van der Waals surface area contributed by atoms with Crippen molar-refractivity contribution in [2.24, 2.45) is 0 Å². The highest BCUT2D eigenvalue weighted by Crippen LogP contribution is 2.14. The van der Waals surface area contributed by atoms with Crippen LogP contribution in [0.15, 0.2) is 60.8 Å². The summed E-state index contributed by atoms with van der Waals surface area (Å²) < 4.78 is 16.7. The molecule has 6 nitrogen and oxygen atoms in total. The molecular formula is C51H88O6. The average Bonchev–Trinajstić information content (AvgIpc) is 3.21. The van der Waals surface area contributed by atoms with Gasteiger partial charge in [0.2, 0.25) is 0 Å². The smallest absolute Gasteiger partial charge is 0.306 e. The Balaban J connectivity index is 4.45. The van der Waals surface area contributed by atoms with Gasteiger partial charge in [-0.15, -0.1) is 0 Å². The van der Waals surface area contributed by atoms with Gasteiger partial charge in [0.15, 0.2) is 6.10 Å². The van der Waals surface area contributed by atoms with Gasteiger partial charge in [-0.1, -0.05) is 184 Å². The Labute approximate surface area is 351 Å². The first-order valence-corrected chi connectivity index (χ1v) is 23.8. The fourth-order valence-corrected chi connectivity index (χ4v) is 6.43. The summed E-state index contributed by atoms with van der Waals surface area (Å²) in [6.45, 7) is 6.45. The number of esters is 3. The van der Waals surface area contributed by atoms with Crippen molar-refractivity contribution in [2.45, 2.75) is 232 Å². The normalized spacial score (nSPS) is 12.5. The van der Waals surface area contributed by atoms with E-state index in [9.17, 15) is 14.4 Å². The molecule has 0 saturated heterocycles. The summed E-state index contributed by atoms with van der Waals surface area (Å²) in [4.78, 5) is 37.8. The van der Waals surface area contributed by atoms with Gasteiger partial charge >= 0.3 is 17.9 Å². The summed E-state index contributed by atoms with van der Waals surface area (Å²) in [6.07, 6.45) is 54.9. The molecule has 57 heavy (non-hydrogen) atoms. The second-order valence-electron chi connectivity index (χ2n) is 15.6. The number of unbranched alkanes of at least 4 members (excludes halogenated alkanes) is 21. The van der Waals surface area contributed by atoms with E-state index in [1.165, 1.54) is 89.9 Å². The predicted octanol–water partition coefficient (Wildman–Crippen LogP) is 15.3. The molecule has 0 aromatic carbocycles. The summed E-state index contributed by atoms with van der Waals surface area (Å²) in [5.41, 5.74) is 0. The van der Waals surface area contributed by atoms with Crippen molar-refractivity contribution < 1.29 is 28.6 Å². The number of allylic oxidation sites excluding steroid dienone is 10. The Hall–Kier alpha value is -2.89. The monoisotopic (exact) mass is 797 g/mol. The van der Waals surface area contributed by atoms with Crippen LogP contribution in [-0.4, -0.2) is 37.2 Å². The number of rotatable bonds is 42. The molecule has 0 aliphatic carbocycles. The van der Waals surface area contributed by atoms with Crippen molar-refractivity contribution in [3.8, 4) is 0 Å². The van der Waals surface area contributed by atoms with Gasteiger partial charge in [-0.25, -0.2) is 0 Å². The number of carbonyl (C=O) groups excluding carboxylic acids is 3. The van der Waals surface area contributed by atoms with Gasteiger partial charge in [-0.2, -0.15) is 0 Å². The molecule has 6 heteroatoms. The Bertz CT molecular complexity index is 1050. The molecule has 328 valence electrons. The SMILES string of the molecule is CC/C=C\C/C=C\C/C=C\C/C=C\CCCCC(=O)OC[C@@H](COC(=O)CCCCCCCCCCCC)OC(=O)CCCCCCC/C=C\CCCCCCC. The molecule has 0 spiro atoms. The van der Waals surface area contributed by atoms with Gasteiger partial charge in [0.05, 0.1) is 0 Å². The molecule has 0 heterocycles. The van der Waals surface area contributed by atoms with E-state index in [2.05, 4.69) is 81.5 Å². The minimum Gasteiger partial charge on any atom is -0.462 e. The van der Waals surface area contributed by atoms with Crippen LogP contribution in [0.1, 0.15) is 226 Å². The summed E-state index contributed by atoms with van der Waals surface area (Å²) >= 11 is 0. The lowest BCUT2D eigenvalue weighted by Crippen LogP contribution is -2.30. The molecule has 0 saturated carbocycles. The van der Waals surface area contributed by atoms with Crippen molar-refractivity contribution in [3.63, 3.8) is 0 Å². The van der Waals surface area contributed by atoms with E-state index in [4.69, 9.17) is 14.2 Å². The van der Waals surface area contributed by atoms with Crippen LogP contribution in [0.4, 0.5) is 0 Å². The van der Waals surface area contributed by atoms with E-state index in [0.29, 0.717) is 19.3 Å². The minimum absolute atomic E-state index is 0.0896. The van der Waals surface area contributed by atoms with E-state index in [1.54, 1.807) is 0 Å². The number of hydrogen-bond acceptors (Lipinski definition) is 6. The molecule has 0 rings (SSSR count). The molecule has 0 unspecified atom stereocenters. The topological polar surface area (TPSA) is 78.9 Å². The highest BCUT2D eigenvalue weighted by atomic mass is 16.6. The minimum atomic E-state index is -0.791. The van der Waals surface area contributed by atoms with Crippen LogP contribution in [-0.2, 0) is 28.6 Å². The zero-order valence-corrected chi connectivity index (χ0v) is 37.3. The largest absolute Gasteiger partial charge is 0.462 e. The molecule has 0 N–H and O–H groups in total. The molecule has 0 aliphatic rings. The van der Waals surface area contributed by atoms with Gasteiger partial charge in [0, 0.05) is 19.3 Å². The predicted molar refractivity (Wildman–Crippen MR) is 242 cm³/mol. The fourth-order valence-electron chi connectivity index (χ4n) is 6.43. The second kappa shape index (κ2) is 45.8. The Morgan fingerprint density at radius 1 is 0.368 bits per heavy atom. The molecular weight excluding hydrogens is 709 g/mol. The van der Waals surface area contributed by atoms with Crippen LogP contribution < -0.4 is 0 Å². The lowest BCUT2D eigenvalue weighted by atomic mass is 10.1. The first-order valence-electron chi connectivity index (χ1n) is 23.8.